The van der Waals surface area contributed by atoms with E-state index in [1.165, 1.54) is 11.1 Å². The number of rotatable bonds is 4. The Hall–Kier alpha value is -3.34. The fourth-order valence-corrected chi connectivity index (χ4v) is 3.56. The molecule has 2 N–H and O–H groups in total. The molecule has 0 spiro atoms. The number of benzene rings is 2. The lowest BCUT2D eigenvalue weighted by atomic mass is 9.87. The Labute approximate surface area is 185 Å². The van der Waals surface area contributed by atoms with Crippen molar-refractivity contribution in [1.29, 1.82) is 0 Å². The molecule has 0 fully saturated rings. The van der Waals surface area contributed by atoms with Crippen molar-refractivity contribution in [1.82, 2.24) is 9.99 Å². The van der Waals surface area contributed by atoms with E-state index in [1.54, 1.807) is 6.21 Å². The number of anilines is 1. The SMILES string of the molecule is Cc1ccc(NC(=O)N/N=C/c2cc(C)n(-c3ccc(C(C)(C)C)cc3)c2C)cc1C. The third kappa shape index (κ3) is 5.23. The smallest absolute Gasteiger partial charge is 0.318 e. The molecule has 1 aromatic heterocycles. The maximum absolute atomic E-state index is 12.1. The first-order valence-electron chi connectivity index (χ1n) is 10.5. The van der Waals surface area contributed by atoms with E-state index in [0.717, 1.165) is 33.9 Å². The normalized spacial score (nSPS) is 11.7. The van der Waals surface area contributed by atoms with Crippen molar-refractivity contribution in [3.63, 3.8) is 0 Å². The van der Waals surface area contributed by atoms with E-state index in [0.29, 0.717) is 0 Å². The molecule has 3 aromatic rings. The first-order valence-corrected chi connectivity index (χ1v) is 10.5. The molecule has 0 aliphatic carbocycles. The summed E-state index contributed by atoms with van der Waals surface area (Å²) in [7, 11) is 0. The van der Waals surface area contributed by atoms with Crippen LogP contribution in [-0.2, 0) is 5.41 Å². The molecule has 2 amide bonds. The van der Waals surface area contributed by atoms with Crippen LogP contribution in [-0.4, -0.2) is 16.8 Å². The van der Waals surface area contributed by atoms with Crippen LogP contribution < -0.4 is 10.7 Å². The molecule has 2 aromatic carbocycles. The lowest BCUT2D eigenvalue weighted by Gasteiger charge is -2.20. The summed E-state index contributed by atoms with van der Waals surface area (Å²) in [5.41, 5.74) is 11.3. The molecule has 31 heavy (non-hydrogen) atoms. The zero-order chi connectivity index (χ0) is 22.8. The molecule has 162 valence electrons. The Morgan fingerprint density at radius 2 is 1.61 bits per heavy atom. The predicted molar refractivity (Wildman–Crippen MR) is 130 cm³/mol. The van der Waals surface area contributed by atoms with E-state index in [2.05, 4.69) is 85.4 Å². The van der Waals surface area contributed by atoms with E-state index < -0.39 is 0 Å². The van der Waals surface area contributed by atoms with Crippen LogP contribution in [0.5, 0.6) is 0 Å². The zero-order valence-corrected chi connectivity index (χ0v) is 19.5. The minimum absolute atomic E-state index is 0.126. The van der Waals surface area contributed by atoms with Gasteiger partial charge in [0, 0.05) is 28.3 Å². The molecule has 5 nitrogen and oxygen atoms in total. The van der Waals surface area contributed by atoms with Gasteiger partial charge in [-0.05, 0) is 80.1 Å². The highest BCUT2D eigenvalue weighted by molar-refractivity contribution is 5.90. The van der Waals surface area contributed by atoms with Crippen LogP contribution in [0.25, 0.3) is 5.69 Å². The van der Waals surface area contributed by atoms with Gasteiger partial charge >= 0.3 is 6.03 Å². The van der Waals surface area contributed by atoms with Crippen molar-refractivity contribution in [2.45, 2.75) is 53.9 Å². The average molecular weight is 417 g/mol. The van der Waals surface area contributed by atoms with Crippen molar-refractivity contribution < 1.29 is 4.79 Å². The summed E-state index contributed by atoms with van der Waals surface area (Å²) >= 11 is 0. The van der Waals surface area contributed by atoms with Crippen LogP contribution >= 0.6 is 0 Å². The summed E-state index contributed by atoms with van der Waals surface area (Å²) in [6.07, 6.45) is 1.68. The van der Waals surface area contributed by atoms with Crippen LogP contribution in [0.2, 0.25) is 0 Å². The van der Waals surface area contributed by atoms with Crippen molar-refractivity contribution in [3.8, 4) is 5.69 Å². The number of aromatic nitrogens is 1. The second kappa shape index (κ2) is 8.80. The maximum Gasteiger partial charge on any atom is 0.339 e. The van der Waals surface area contributed by atoms with Gasteiger partial charge in [0.2, 0.25) is 0 Å². The van der Waals surface area contributed by atoms with Crippen molar-refractivity contribution in [2.24, 2.45) is 5.10 Å². The fraction of sp³-hybridized carbons (Fsp3) is 0.308. The summed E-state index contributed by atoms with van der Waals surface area (Å²) in [5.74, 6) is 0. The number of nitrogens with zero attached hydrogens (tertiary/aromatic N) is 2. The van der Waals surface area contributed by atoms with Crippen molar-refractivity contribution >= 4 is 17.9 Å². The number of hydrogen-bond donors (Lipinski definition) is 2. The molecule has 0 aliphatic rings. The maximum atomic E-state index is 12.1. The van der Waals surface area contributed by atoms with Crippen molar-refractivity contribution in [3.05, 3.63) is 82.2 Å². The fourth-order valence-electron chi connectivity index (χ4n) is 3.56. The second-order valence-electron chi connectivity index (χ2n) is 9.08. The molecular formula is C26H32N4O. The van der Waals surface area contributed by atoms with E-state index >= 15 is 0 Å². The number of aryl methyl sites for hydroxylation is 3. The Morgan fingerprint density at radius 1 is 0.935 bits per heavy atom. The van der Waals surface area contributed by atoms with Crippen LogP contribution in [0.15, 0.2) is 53.6 Å². The summed E-state index contributed by atoms with van der Waals surface area (Å²) in [6, 6.07) is 16.2. The van der Waals surface area contributed by atoms with Gasteiger partial charge < -0.3 is 9.88 Å². The Morgan fingerprint density at radius 3 is 2.23 bits per heavy atom. The van der Waals surface area contributed by atoms with Gasteiger partial charge in [-0.2, -0.15) is 5.10 Å². The number of carbonyl (C=O) groups is 1. The molecule has 0 unspecified atom stereocenters. The molecule has 0 saturated heterocycles. The van der Waals surface area contributed by atoms with Crippen LogP contribution in [0, 0.1) is 27.7 Å². The molecule has 1 heterocycles. The standard InChI is InChI=1S/C26H32N4O/c1-17-8-11-23(14-18(17)2)28-25(31)29-27-16-21-15-19(3)30(20(21)4)24-12-9-22(10-13-24)26(5,6)7/h8-16H,1-7H3,(H2,28,29,31)/b27-16+. The quantitative estimate of drug-likeness (QED) is 0.388. The highest BCUT2D eigenvalue weighted by Crippen LogP contribution is 2.25. The minimum atomic E-state index is -0.369. The number of urea groups is 1. The second-order valence-corrected chi connectivity index (χ2v) is 9.08. The molecule has 3 rings (SSSR count). The summed E-state index contributed by atoms with van der Waals surface area (Å²) in [6.45, 7) is 14.8. The number of hydrazone groups is 1. The minimum Gasteiger partial charge on any atom is -0.318 e. The third-order valence-electron chi connectivity index (χ3n) is 5.60. The Balaban J connectivity index is 1.70. The highest BCUT2D eigenvalue weighted by Gasteiger charge is 2.14. The molecule has 0 bridgehead atoms. The first kappa shape index (κ1) is 22.3. The lowest BCUT2D eigenvalue weighted by molar-refractivity contribution is 0.252. The van der Waals surface area contributed by atoms with Gasteiger partial charge in [-0.1, -0.05) is 39.0 Å². The predicted octanol–water partition coefficient (Wildman–Crippen LogP) is 6.16. The summed E-state index contributed by atoms with van der Waals surface area (Å²) in [4.78, 5) is 12.1. The van der Waals surface area contributed by atoms with Gasteiger partial charge in [0.05, 0.1) is 6.21 Å². The number of carbonyl (C=O) groups excluding carboxylic acids is 1. The van der Waals surface area contributed by atoms with E-state index in [9.17, 15) is 4.79 Å². The topological polar surface area (TPSA) is 58.4 Å². The first-order chi connectivity index (χ1) is 14.6. The van der Waals surface area contributed by atoms with E-state index in [-0.39, 0.29) is 11.4 Å². The van der Waals surface area contributed by atoms with Crippen LogP contribution in [0.3, 0.4) is 0 Å². The van der Waals surface area contributed by atoms with Crippen LogP contribution in [0.4, 0.5) is 10.5 Å². The van der Waals surface area contributed by atoms with Crippen molar-refractivity contribution in [2.75, 3.05) is 5.32 Å². The van der Waals surface area contributed by atoms with Gasteiger partial charge in [-0.25, -0.2) is 10.2 Å². The van der Waals surface area contributed by atoms with Gasteiger partial charge in [-0.3, -0.25) is 0 Å². The third-order valence-corrected chi connectivity index (χ3v) is 5.60. The molecule has 0 aliphatic heterocycles. The van der Waals surface area contributed by atoms with Gasteiger partial charge in [0.1, 0.15) is 0 Å². The molecule has 5 heteroatoms. The van der Waals surface area contributed by atoms with E-state index in [4.69, 9.17) is 0 Å². The van der Waals surface area contributed by atoms with Gasteiger partial charge in [-0.15, -0.1) is 0 Å². The van der Waals surface area contributed by atoms with E-state index in [1.807, 2.05) is 32.0 Å². The Kier molecular flexibility index (Phi) is 6.34. The summed E-state index contributed by atoms with van der Waals surface area (Å²) in [5, 5.41) is 6.93. The number of nitrogens with one attached hydrogen (secondary N) is 2. The lowest BCUT2D eigenvalue weighted by Crippen LogP contribution is -2.24. The van der Waals surface area contributed by atoms with Gasteiger partial charge in [0.25, 0.3) is 0 Å². The largest absolute Gasteiger partial charge is 0.339 e. The summed E-state index contributed by atoms with van der Waals surface area (Å²) < 4.78 is 2.20. The number of amides is 2. The van der Waals surface area contributed by atoms with Crippen LogP contribution in [0.1, 0.15) is 54.4 Å². The number of hydrogen-bond acceptors (Lipinski definition) is 2. The molecule has 0 radical (unpaired) electrons. The molecule has 0 saturated carbocycles. The average Bonchev–Trinajstić information content (AvgIpc) is 2.97. The molecule has 0 atom stereocenters. The zero-order valence-electron chi connectivity index (χ0n) is 19.5. The monoisotopic (exact) mass is 416 g/mol. The van der Waals surface area contributed by atoms with Gasteiger partial charge in [0.15, 0.2) is 0 Å². The molecular weight excluding hydrogens is 384 g/mol. The highest BCUT2D eigenvalue weighted by atomic mass is 16.2. The Bertz CT molecular complexity index is 1120.